The van der Waals surface area contributed by atoms with Gasteiger partial charge in [0.05, 0.1) is 5.60 Å². The fourth-order valence-corrected chi connectivity index (χ4v) is 2.29. The lowest BCUT2D eigenvalue weighted by Crippen LogP contribution is -2.30. The van der Waals surface area contributed by atoms with Crippen LogP contribution in [0.15, 0.2) is 6.07 Å². The Morgan fingerprint density at radius 3 is 2.74 bits per heavy atom. The van der Waals surface area contributed by atoms with Crippen molar-refractivity contribution < 1.29 is 5.11 Å². The molecule has 2 N–H and O–H groups in total. The first kappa shape index (κ1) is 14.1. The van der Waals surface area contributed by atoms with E-state index in [2.05, 4.69) is 41.0 Å². The van der Waals surface area contributed by atoms with Gasteiger partial charge in [0.1, 0.15) is 17.5 Å². The average Bonchev–Trinajstić information content (AvgIpc) is 2.70. The van der Waals surface area contributed by atoms with Crippen molar-refractivity contribution in [3.05, 3.63) is 11.9 Å². The van der Waals surface area contributed by atoms with Crippen molar-refractivity contribution in [2.24, 2.45) is 0 Å². The minimum absolute atomic E-state index is 0.292. The molecular weight excluding hydrogens is 240 g/mol. The van der Waals surface area contributed by atoms with Crippen LogP contribution in [0.4, 0.5) is 11.6 Å². The molecule has 19 heavy (non-hydrogen) atoms. The molecule has 1 aromatic rings. The topological polar surface area (TPSA) is 61.3 Å². The van der Waals surface area contributed by atoms with Crippen molar-refractivity contribution in [1.82, 2.24) is 9.97 Å². The van der Waals surface area contributed by atoms with Crippen molar-refractivity contribution in [2.75, 3.05) is 29.9 Å². The van der Waals surface area contributed by atoms with Crippen LogP contribution in [0.3, 0.4) is 0 Å². The maximum Gasteiger partial charge on any atom is 0.135 e. The molecule has 5 heteroatoms. The molecule has 5 nitrogen and oxygen atoms in total. The number of nitrogens with zero attached hydrogens (tertiary/aromatic N) is 3. The first-order valence-corrected chi connectivity index (χ1v) is 7.01. The van der Waals surface area contributed by atoms with Gasteiger partial charge in [-0.25, -0.2) is 9.97 Å². The number of β-amino-alcohol motifs (C(OH)–C–C–N with tert-alkyl or cyclic N) is 1. The number of hydrogen-bond acceptors (Lipinski definition) is 5. The molecule has 1 aliphatic rings. The summed E-state index contributed by atoms with van der Waals surface area (Å²) in [6, 6.07) is 1.97. The van der Waals surface area contributed by atoms with Crippen LogP contribution in [0.25, 0.3) is 0 Å². The highest BCUT2D eigenvalue weighted by molar-refractivity contribution is 5.50. The van der Waals surface area contributed by atoms with Crippen LogP contribution >= 0.6 is 0 Å². The maximum atomic E-state index is 10.1. The Kier molecular flexibility index (Phi) is 3.94. The largest absolute Gasteiger partial charge is 0.388 e. The molecule has 106 valence electrons. The van der Waals surface area contributed by atoms with Gasteiger partial charge in [-0.05, 0) is 20.3 Å². The molecule has 0 bridgehead atoms. The van der Waals surface area contributed by atoms with Crippen molar-refractivity contribution in [3.63, 3.8) is 0 Å². The molecular formula is C14H24N4O. The highest BCUT2D eigenvalue weighted by Crippen LogP contribution is 2.27. The van der Waals surface area contributed by atoms with Crippen LogP contribution in [0.1, 0.15) is 45.9 Å². The summed E-state index contributed by atoms with van der Waals surface area (Å²) in [5.74, 6) is 2.91. The van der Waals surface area contributed by atoms with Crippen molar-refractivity contribution in [1.29, 1.82) is 0 Å². The van der Waals surface area contributed by atoms with Gasteiger partial charge in [0.25, 0.3) is 0 Å². The van der Waals surface area contributed by atoms with Gasteiger partial charge in [0.15, 0.2) is 0 Å². The maximum absolute atomic E-state index is 10.1. The monoisotopic (exact) mass is 264 g/mol. The van der Waals surface area contributed by atoms with Crippen LogP contribution in [-0.2, 0) is 0 Å². The Morgan fingerprint density at radius 1 is 1.47 bits per heavy atom. The third kappa shape index (κ3) is 3.35. The second-order valence-electron chi connectivity index (χ2n) is 5.82. The Bertz CT molecular complexity index is 445. The Labute approximate surface area is 115 Å². The lowest BCUT2D eigenvalue weighted by Gasteiger charge is -2.21. The summed E-state index contributed by atoms with van der Waals surface area (Å²) in [7, 11) is 0. The third-order valence-corrected chi connectivity index (χ3v) is 3.38. The van der Waals surface area contributed by atoms with E-state index in [0.29, 0.717) is 12.5 Å². The molecule has 0 radical (unpaired) electrons. The van der Waals surface area contributed by atoms with Crippen LogP contribution in [0, 0.1) is 0 Å². The summed E-state index contributed by atoms with van der Waals surface area (Å²) in [6.45, 7) is 10.4. The summed E-state index contributed by atoms with van der Waals surface area (Å²) in [5.41, 5.74) is -0.610. The van der Waals surface area contributed by atoms with E-state index in [0.717, 1.165) is 37.0 Å². The third-order valence-electron chi connectivity index (χ3n) is 3.38. The van der Waals surface area contributed by atoms with E-state index < -0.39 is 5.60 Å². The van der Waals surface area contributed by atoms with Gasteiger partial charge in [-0.3, -0.25) is 0 Å². The second-order valence-corrected chi connectivity index (χ2v) is 5.82. The molecule has 1 atom stereocenters. The van der Waals surface area contributed by atoms with Gasteiger partial charge in [-0.15, -0.1) is 0 Å². The number of hydrogen-bond donors (Lipinski definition) is 2. The average molecular weight is 264 g/mol. The van der Waals surface area contributed by atoms with Crippen LogP contribution in [-0.4, -0.2) is 40.3 Å². The SMILES string of the molecule is CCNc1cc(N2CCC(C)(O)C2)nc(C(C)C)n1. The Morgan fingerprint density at radius 2 is 2.21 bits per heavy atom. The van der Waals surface area contributed by atoms with E-state index in [4.69, 9.17) is 0 Å². The number of rotatable bonds is 4. The number of nitrogens with one attached hydrogen (secondary N) is 1. The molecule has 2 heterocycles. The van der Waals surface area contributed by atoms with E-state index >= 15 is 0 Å². The quantitative estimate of drug-likeness (QED) is 0.871. The molecule has 2 rings (SSSR count). The fraction of sp³-hybridized carbons (Fsp3) is 0.714. The molecule has 0 aliphatic carbocycles. The molecule has 1 saturated heterocycles. The fourth-order valence-electron chi connectivity index (χ4n) is 2.29. The van der Waals surface area contributed by atoms with E-state index in [1.165, 1.54) is 0 Å². The van der Waals surface area contributed by atoms with E-state index in [1.54, 1.807) is 0 Å². The summed E-state index contributed by atoms with van der Waals surface area (Å²) < 4.78 is 0. The van der Waals surface area contributed by atoms with E-state index in [-0.39, 0.29) is 0 Å². The number of aromatic nitrogens is 2. The highest BCUT2D eigenvalue weighted by Gasteiger charge is 2.32. The molecule has 1 aliphatic heterocycles. The van der Waals surface area contributed by atoms with Crippen LogP contribution < -0.4 is 10.2 Å². The standard InChI is InChI=1S/C14H24N4O/c1-5-15-11-8-12(17-13(16-11)10(2)3)18-7-6-14(4,19)9-18/h8,10,19H,5-7,9H2,1-4H3,(H,15,16,17). The predicted octanol–water partition coefficient (Wildman–Crippen LogP) is 1.99. The first-order valence-electron chi connectivity index (χ1n) is 7.01. The van der Waals surface area contributed by atoms with Gasteiger partial charge < -0.3 is 15.3 Å². The van der Waals surface area contributed by atoms with Crippen molar-refractivity contribution >= 4 is 11.6 Å². The predicted molar refractivity (Wildman–Crippen MR) is 77.7 cm³/mol. The lowest BCUT2D eigenvalue weighted by molar-refractivity contribution is 0.0839. The first-order chi connectivity index (χ1) is 8.91. The zero-order valence-corrected chi connectivity index (χ0v) is 12.3. The molecule has 0 spiro atoms. The van der Waals surface area contributed by atoms with Gasteiger partial charge in [-0.2, -0.15) is 0 Å². The molecule has 1 fully saturated rings. The molecule has 0 amide bonds. The van der Waals surface area contributed by atoms with Crippen molar-refractivity contribution in [2.45, 2.75) is 45.6 Å². The zero-order chi connectivity index (χ0) is 14.0. The van der Waals surface area contributed by atoms with E-state index in [9.17, 15) is 5.11 Å². The van der Waals surface area contributed by atoms with Gasteiger partial charge in [0.2, 0.25) is 0 Å². The summed E-state index contributed by atoms with van der Waals surface area (Å²) >= 11 is 0. The molecule has 0 aromatic carbocycles. The number of aliphatic hydroxyl groups is 1. The Hall–Kier alpha value is -1.36. The van der Waals surface area contributed by atoms with E-state index in [1.807, 2.05) is 13.0 Å². The normalized spacial score (nSPS) is 23.2. The molecule has 0 saturated carbocycles. The van der Waals surface area contributed by atoms with Crippen LogP contribution in [0.5, 0.6) is 0 Å². The second kappa shape index (κ2) is 5.33. The summed E-state index contributed by atoms with van der Waals surface area (Å²) in [6.07, 6.45) is 0.782. The highest BCUT2D eigenvalue weighted by atomic mass is 16.3. The minimum Gasteiger partial charge on any atom is -0.388 e. The molecule has 1 aromatic heterocycles. The number of anilines is 2. The van der Waals surface area contributed by atoms with Gasteiger partial charge >= 0.3 is 0 Å². The lowest BCUT2D eigenvalue weighted by atomic mass is 10.1. The molecule has 1 unspecified atom stereocenters. The smallest absolute Gasteiger partial charge is 0.135 e. The summed E-state index contributed by atoms with van der Waals surface area (Å²) in [5, 5.41) is 13.3. The zero-order valence-electron chi connectivity index (χ0n) is 12.3. The van der Waals surface area contributed by atoms with Crippen LogP contribution in [0.2, 0.25) is 0 Å². The summed E-state index contributed by atoms with van der Waals surface area (Å²) in [4.78, 5) is 11.3. The van der Waals surface area contributed by atoms with Gasteiger partial charge in [-0.1, -0.05) is 13.8 Å². The van der Waals surface area contributed by atoms with Gasteiger partial charge in [0, 0.05) is 31.6 Å². The minimum atomic E-state index is -0.610. The Balaban J connectivity index is 2.29. The van der Waals surface area contributed by atoms with Crippen molar-refractivity contribution in [3.8, 4) is 0 Å².